The molecule has 3 aromatic heterocycles. The van der Waals surface area contributed by atoms with Crippen LogP contribution < -0.4 is 19.5 Å². The molecule has 0 saturated heterocycles. The molecule has 0 spiro atoms. The summed E-state index contributed by atoms with van der Waals surface area (Å²) >= 11 is 5.98. The molecule has 0 saturated carbocycles. The van der Waals surface area contributed by atoms with Crippen LogP contribution in [0.3, 0.4) is 0 Å². The summed E-state index contributed by atoms with van der Waals surface area (Å²) in [4.78, 5) is 24.0. The average molecular weight is 442 g/mol. The summed E-state index contributed by atoms with van der Waals surface area (Å²) < 4.78 is 38.5. The number of hydrogen-bond acceptors (Lipinski definition) is 9. The summed E-state index contributed by atoms with van der Waals surface area (Å²) in [6, 6.07) is 3.43. The van der Waals surface area contributed by atoms with Crippen molar-refractivity contribution in [2.24, 2.45) is 0 Å². The molecule has 0 atom stereocenters. The van der Waals surface area contributed by atoms with Crippen LogP contribution in [0.15, 0.2) is 23.2 Å². The summed E-state index contributed by atoms with van der Waals surface area (Å²) in [5.74, 6) is 0.221. The lowest BCUT2D eigenvalue weighted by molar-refractivity contribution is 0.256. The van der Waals surface area contributed by atoms with Crippen molar-refractivity contribution in [3.05, 3.63) is 29.0 Å². The van der Waals surface area contributed by atoms with Crippen molar-refractivity contribution in [1.82, 2.24) is 29.3 Å². The van der Waals surface area contributed by atoms with Crippen molar-refractivity contribution in [3.63, 3.8) is 0 Å². The number of ether oxygens (including phenoxy) is 2. The molecule has 0 aromatic carbocycles. The monoisotopic (exact) mass is 441 g/mol. The maximum absolute atomic E-state index is 12.7. The molecular formula is C15H16ClN7O5S. The maximum Gasteiger partial charge on any atom is 0.335 e. The molecule has 3 heterocycles. The van der Waals surface area contributed by atoms with Crippen LogP contribution in [0, 0.1) is 6.92 Å². The first-order chi connectivity index (χ1) is 13.7. The molecule has 29 heavy (non-hydrogen) atoms. The van der Waals surface area contributed by atoms with E-state index in [1.807, 2.05) is 4.72 Å². The van der Waals surface area contributed by atoms with Crippen LogP contribution in [0.2, 0.25) is 5.15 Å². The fourth-order valence-corrected chi connectivity index (χ4v) is 3.81. The molecule has 2 amide bonds. The average Bonchev–Trinajstić information content (AvgIpc) is 2.96. The van der Waals surface area contributed by atoms with Gasteiger partial charge in [0.25, 0.3) is 10.0 Å². The normalized spacial score (nSPS) is 11.3. The lowest BCUT2D eigenvalue weighted by Crippen LogP contribution is -2.35. The van der Waals surface area contributed by atoms with Gasteiger partial charge in [-0.2, -0.15) is 17.9 Å². The van der Waals surface area contributed by atoms with Crippen LogP contribution >= 0.6 is 11.6 Å². The zero-order chi connectivity index (χ0) is 21.2. The van der Waals surface area contributed by atoms with Gasteiger partial charge in [-0.1, -0.05) is 11.6 Å². The molecule has 0 bridgehead atoms. The number of nitrogens with zero attached hydrogens (tertiary/aromatic N) is 5. The van der Waals surface area contributed by atoms with Crippen LogP contribution in [0.5, 0.6) is 11.8 Å². The topological polar surface area (TPSA) is 150 Å². The Balaban J connectivity index is 1.89. The van der Waals surface area contributed by atoms with E-state index in [0.717, 1.165) is 4.52 Å². The lowest BCUT2D eigenvalue weighted by Gasteiger charge is -2.09. The number of sulfonamides is 1. The minimum absolute atomic E-state index is 0.143. The van der Waals surface area contributed by atoms with E-state index in [0.29, 0.717) is 12.3 Å². The predicted molar refractivity (Wildman–Crippen MR) is 102 cm³/mol. The second-order valence-corrected chi connectivity index (χ2v) is 7.47. The van der Waals surface area contributed by atoms with Crippen LogP contribution in [0.25, 0.3) is 5.65 Å². The second-order valence-electron chi connectivity index (χ2n) is 5.52. The van der Waals surface area contributed by atoms with E-state index in [2.05, 4.69) is 25.4 Å². The molecule has 3 rings (SSSR count). The second kappa shape index (κ2) is 8.05. The fraction of sp³-hybridized carbons (Fsp3) is 0.267. The standard InChI is InChI=1S/C15H16ClN7O5S/c1-4-28-10-6-5-9-18-12(16)13(23(9)21-10)29(25,26)22-15(24)20-14-17-8(2)7-11(19-14)27-3/h5-7H,4H2,1-3H3,(H2,17,19,20,22,24). The maximum atomic E-state index is 12.7. The Hall–Kier alpha value is -3.19. The first kappa shape index (κ1) is 20.5. The van der Waals surface area contributed by atoms with Crippen LogP contribution in [-0.4, -0.2) is 52.7 Å². The molecule has 0 aliphatic rings. The van der Waals surface area contributed by atoms with Gasteiger partial charge < -0.3 is 9.47 Å². The van der Waals surface area contributed by atoms with E-state index in [1.165, 1.54) is 19.2 Å². The third-order valence-electron chi connectivity index (χ3n) is 3.41. The van der Waals surface area contributed by atoms with Gasteiger partial charge >= 0.3 is 6.03 Å². The number of fused-ring (bicyclic) bond motifs is 1. The van der Waals surface area contributed by atoms with Crippen molar-refractivity contribution in [1.29, 1.82) is 0 Å². The van der Waals surface area contributed by atoms with Gasteiger partial charge in [-0.25, -0.2) is 19.5 Å². The number of aromatic nitrogens is 5. The lowest BCUT2D eigenvalue weighted by atomic mass is 10.4. The van der Waals surface area contributed by atoms with Crippen molar-refractivity contribution < 1.29 is 22.7 Å². The molecule has 0 aliphatic carbocycles. The molecule has 2 N–H and O–H groups in total. The molecule has 3 aromatic rings. The molecule has 154 valence electrons. The van der Waals surface area contributed by atoms with Gasteiger partial charge in [0.05, 0.1) is 13.7 Å². The first-order valence-electron chi connectivity index (χ1n) is 8.15. The number of anilines is 1. The van der Waals surface area contributed by atoms with E-state index in [-0.39, 0.29) is 28.5 Å². The quantitative estimate of drug-likeness (QED) is 0.578. The molecule has 0 unspecified atom stereocenters. The smallest absolute Gasteiger partial charge is 0.335 e. The van der Waals surface area contributed by atoms with Gasteiger partial charge in [0.15, 0.2) is 10.8 Å². The van der Waals surface area contributed by atoms with Crippen molar-refractivity contribution in [2.75, 3.05) is 19.0 Å². The first-order valence-corrected chi connectivity index (χ1v) is 10.0. The highest BCUT2D eigenvalue weighted by molar-refractivity contribution is 7.90. The van der Waals surface area contributed by atoms with Gasteiger partial charge in [0, 0.05) is 17.8 Å². The summed E-state index contributed by atoms with van der Waals surface area (Å²) in [5.41, 5.74) is 0.665. The molecule has 0 aliphatic heterocycles. The van der Waals surface area contributed by atoms with Crippen molar-refractivity contribution in [3.8, 4) is 11.8 Å². The molecule has 0 radical (unpaired) electrons. The minimum Gasteiger partial charge on any atom is -0.481 e. The molecule has 0 fully saturated rings. The highest BCUT2D eigenvalue weighted by Crippen LogP contribution is 2.23. The van der Waals surface area contributed by atoms with Crippen molar-refractivity contribution >= 4 is 39.3 Å². The Bertz CT molecular complexity index is 1180. The number of amides is 2. The predicted octanol–water partition coefficient (Wildman–Crippen LogP) is 1.40. The van der Waals surface area contributed by atoms with Gasteiger partial charge in [0.1, 0.15) is 0 Å². The third kappa shape index (κ3) is 4.46. The Morgan fingerprint density at radius 1 is 1.24 bits per heavy atom. The van der Waals surface area contributed by atoms with Gasteiger partial charge in [0.2, 0.25) is 22.7 Å². The largest absolute Gasteiger partial charge is 0.481 e. The molecular weight excluding hydrogens is 426 g/mol. The summed E-state index contributed by atoms with van der Waals surface area (Å²) in [5, 5.41) is 5.38. The van der Waals surface area contributed by atoms with Gasteiger partial charge in [-0.05, 0) is 19.9 Å². The molecule has 12 nitrogen and oxygen atoms in total. The number of imidazole rings is 1. The van der Waals surface area contributed by atoms with Crippen LogP contribution in [-0.2, 0) is 10.0 Å². The van der Waals surface area contributed by atoms with E-state index >= 15 is 0 Å². The number of halogens is 1. The van der Waals surface area contributed by atoms with E-state index < -0.39 is 21.1 Å². The number of hydrogen-bond donors (Lipinski definition) is 2. The minimum atomic E-state index is -4.45. The molecule has 14 heteroatoms. The van der Waals surface area contributed by atoms with Gasteiger partial charge in [-0.3, -0.25) is 5.32 Å². The summed E-state index contributed by atoms with van der Waals surface area (Å²) in [7, 11) is -3.05. The Labute approximate surface area is 170 Å². The van der Waals surface area contributed by atoms with E-state index in [4.69, 9.17) is 21.1 Å². The fourth-order valence-electron chi connectivity index (χ4n) is 2.32. The number of methoxy groups -OCH3 is 1. The van der Waals surface area contributed by atoms with Crippen LogP contribution in [0.1, 0.15) is 12.6 Å². The zero-order valence-electron chi connectivity index (χ0n) is 15.5. The highest BCUT2D eigenvalue weighted by Gasteiger charge is 2.28. The summed E-state index contributed by atoms with van der Waals surface area (Å²) in [6.45, 7) is 3.73. The number of aryl methyl sites for hydroxylation is 1. The Morgan fingerprint density at radius 2 is 2.00 bits per heavy atom. The van der Waals surface area contributed by atoms with Crippen molar-refractivity contribution in [2.45, 2.75) is 18.9 Å². The highest BCUT2D eigenvalue weighted by atomic mass is 35.5. The van der Waals surface area contributed by atoms with Gasteiger partial charge in [-0.15, -0.1) is 5.10 Å². The van der Waals surface area contributed by atoms with E-state index in [9.17, 15) is 13.2 Å². The number of rotatable bonds is 6. The number of carbonyl (C=O) groups excluding carboxylic acids is 1. The number of urea groups is 1. The Kier molecular flexibility index (Phi) is 5.70. The zero-order valence-corrected chi connectivity index (χ0v) is 17.1. The van der Waals surface area contributed by atoms with Crippen LogP contribution in [0.4, 0.5) is 10.7 Å². The SMILES string of the molecule is CCOc1ccc2nc(Cl)c(S(=O)(=O)NC(=O)Nc3nc(C)cc(OC)n3)n2n1. The van der Waals surface area contributed by atoms with E-state index in [1.54, 1.807) is 19.9 Å². The number of carbonyl (C=O) groups is 1. The third-order valence-corrected chi connectivity index (χ3v) is 5.12. The Morgan fingerprint density at radius 3 is 2.69 bits per heavy atom. The summed E-state index contributed by atoms with van der Waals surface area (Å²) in [6.07, 6.45) is 0. The number of nitrogens with one attached hydrogen (secondary N) is 2.